The normalized spacial score (nSPS) is 29.4. The summed E-state index contributed by atoms with van der Waals surface area (Å²) < 4.78 is 8.18. The molecule has 0 radical (unpaired) electrons. The van der Waals surface area contributed by atoms with Gasteiger partial charge in [0.25, 0.3) is 0 Å². The highest BCUT2D eigenvalue weighted by Gasteiger charge is 2.43. The minimum Gasteiger partial charge on any atom is -0.375 e. The van der Waals surface area contributed by atoms with Gasteiger partial charge in [-0.05, 0) is 44.9 Å². The first-order chi connectivity index (χ1) is 9.33. The molecule has 1 N–H and O–H groups in total. The molecule has 104 valence electrons. The molecule has 0 amide bonds. The average Bonchev–Trinajstić information content (AvgIpc) is 3.12. The highest BCUT2D eigenvalue weighted by molar-refractivity contribution is 5.06. The maximum Gasteiger partial charge on any atom is 0.0703 e. The smallest absolute Gasteiger partial charge is 0.0703 e. The fourth-order valence-electron chi connectivity index (χ4n) is 3.37. The van der Waals surface area contributed by atoms with Gasteiger partial charge in [-0.1, -0.05) is 0 Å². The van der Waals surface area contributed by atoms with E-state index in [4.69, 9.17) is 4.74 Å². The van der Waals surface area contributed by atoms with Crippen molar-refractivity contribution in [2.24, 2.45) is 0 Å². The summed E-state index contributed by atoms with van der Waals surface area (Å²) in [7, 11) is 0. The standard InChI is InChI=1S/C15H23N3O/c1-5-15(6-1)8-14(4-7-19-15)18-11-12(10-17-18)9-16-13-2-3-13/h10-11,13-14,16H,1-9H2. The zero-order valence-corrected chi connectivity index (χ0v) is 11.5. The van der Waals surface area contributed by atoms with Crippen LogP contribution in [0.5, 0.6) is 0 Å². The molecule has 4 rings (SSSR count). The van der Waals surface area contributed by atoms with Crippen LogP contribution in [0.25, 0.3) is 0 Å². The molecule has 1 spiro atoms. The van der Waals surface area contributed by atoms with Crippen molar-refractivity contribution in [3.63, 3.8) is 0 Å². The molecule has 1 saturated heterocycles. The largest absolute Gasteiger partial charge is 0.375 e. The van der Waals surface area contributed by atoms with Crippen LogP contribution in [0.4, 0.5) is 0 Å². The molecule has 0 aromatic carbocycles. The van der Waals surface area contributed by atoms with Gasteiger partial charge in [-0.2, -0.15) is 5.10 Å². The molecule has 1 aromatic heterocycles. The highest BCUT2D eigenvalue weighted by Crippen LogP contribution is 2.45. The molecular weight excluding hydrogens is 238 g/mol. The van der Waals surface area contributed by atoms with Gasteiger partial charge in [0.2, 0.25) is 0 Å². The lowest BCUT2D eigenvalue weighted by molar-refractivity contribution is -0.141. The molecular formula is C15H23N3O. The lowest BCUT2D eigenvalue weighted by Crippen LogP contribution is -2.46. The van der Waals surface area contributed by atoms with Crippen LogP contribution in [-0.4, -0.2) is 28.0 Å². The molecule has 3 fully saturated rings. The Labute approximate surface area is 114 Å². The van der Waals surface area contributed by atoms with Crippen LogP contribution < -0.4 is 5.32 Å². The predicted octanol–water partition coefficient (Wildman–Crippen LogP) is 2.41. The Bertz CT molecular complexity index is 448. The summed E-state index contributed by atoms with van der Waals surface area (Å²) >= 11 is 0. The number of hydrogen-bond donors (Lipinski definition) is 1. The Morgan fingerprint density at radius 1 is 1.37 bits per heavy atom. The van der Waals surface area contributed by atoms with Crippen LogP contribution in [0.1, 0.15) is 56.6 Å². The number of nitrogens with one attached hydrogen (secondary N) is 1. The van der Waals surface area contributed by atoms with Crippen molar-refractivity contribution in [2.75, 3.05) is 6.61 Å². The Morgan fingerprint density at radius 2 is 2.26 bits per heavy atom. The monoisotopic (exact) mass is 261 g/mol. The van der Waals surface area contributed by atoms with Crippen LogP contribution in [0.2, 0.25) is 0 Å². The maximum absolute atomic E-state index is 5.99. The summed E-state index contributed by atoms with van der Waals surface area (Å²) in [5.74, 6) is 0. The number of aromatic nitrogens is 2. The first kappa shape index (κ1) is 11.9. The van der Waals surface area contributed by atoms with Crippen molar-refractivity contribution in [2.45, 2.75) is 69.2 Å². The van der Waals surface area contributed by atoms with E-state index in [-0.39, 0.29) is 5.60 Å². The third-order valence-electron chi connectivity index (χ3n) is 4.93. The quantitative estimate of drug-likeness (QED) is 0.904. The lowest BCUT2D eigenvalue weighted by Gasteiger charge is -2.47. The Hall–Kier alpha value is -0.870. The van der Waals surface area contributed by atoms with Gasteiger partial charge >= 0.3 is 0 Å². The van der Waals surface area contributed by atoms with Crippen LogP contribution in [0.3, 0.4) is 0 Å². The molecule has 1 atom stereocenters. The second-order valence-electron chi connectivity index (χ2n) is 6.52. The zero-order valence-electron chi connectivity index (χ0n) is 11.5. The molecule has 1 aromatic rings. The van der Waals surface area contributed by atoms with Gasteiger partial charge in [-0.25, -0.2) is 0 Å². The third kappa shape index (κ3) is 2.43. The van der Waals surface area contributed by atoms with Gasteiger partial charge in [0.05, 0.1) is 17.8 Å². The zero-order chi connectivity index (χ0) is 12.7. The molecule has 0 bridgehead atoms. The molecule has 2 saturated carbocycles. The molecule has 1 aliphatic heterocycles. The van der Waals surface area contributed by atoms with E-state index in [2.05, 4.69) is 21.3 Å². The number of nitrogens with zero attached hydrogens (tertiary/aromatic N) is 2. The van der Waals surface area contributed by atoms with E-state index >= 15 is 0 Å². The summed E-state index contributed by atoms with van der Waals surface area (Å²) in [5.41, 5.74) is 1.53. The van der Waals surface area contributed by atoms with Crippen LogP contribution in [0, 0.1) is 0 Å². The first-order valence-electron chi connectivity index (χ1n) is 7.73. The summed E-state index contributed by atoms with van der Waals surface area (Å²) in [4.78, 5) is 0. The minimum absolute atomic E-state index is 0.210. The van der Waals surface area contributed by atoms with Crippen molar-refractivity contribution in [1.82, 2.24) is 15.1 Å². The van der Waals surface area contributed by atoms with Gasteiger partial charge in [0, 0.05) is 31.0 Å². The van der Waals surface area contributed by atoms with Gasteiger partial charge in [-0.3, -0.25) is 4.68 Å². The second kappa shape index (κ2) is 4.60. The molecule has 4 nitrogen and oxygen atoms in total. The summed E-state index contributed by atoms with van der Waals surface area (Å²) in [6.45, 7) is 1.87. The fraction of sp³-hybridized carbons (Fsp3) is 0.800. The summed E-state index contributed by atoms with van der Waals surface area (Å²) in [6, 6.07) is 1.31. The third-order valence-corrected chi connectivity index (χ3v) is 4.93. The first-order valence-corrected chi connectivity index (χ1v) is 7.73. The van der Waals surface area contributed by atoms with E-state index in [9.17, 15) is 0 Å². The van der Waals surface area contributed by atoms with Gasteiger partial charge in [-0.15, -0.1) is 0 Å². The Kier molecular flexibility index (Phi) is 2.88. The number of ether oxygens (including phenoxy) is 1. The SMILES string of the molecule is c1nn(C2CCOC3(CCC3)C2)cc1CNC1CC1. The molecule has 2 aliphatic carbocycles. The van der Waals surface area contributed by atoms with E-state index in [1.54, 1.807) is 0 Å². The van der Waals surface area contributed by atoms with Crippen molar-refractivity contribution >= 4 is 0 Å². The van der Waals surface area contributed by atoms with Gasteiger partial charge in [0.1, 0.15) is 0 Å². The number of hydrogen-bond acceptors (Lipinski definition) is 3. The van der Waals surface area contributed by atoms with Crippen LogP contribution in [0.15, 0.2) is 12.4 Å². The Morgan fingerprint density at radius 3 is 3.00 bits per heavy atom. The van der Waals surface area contributed by atoms with Crippen molar-refractivity contribution in [3.8, 4) is 0 Å². The molecule has 2 heterocycles. The van der Waals surface area contributed by atoms with Gasteiger partial charge in [0.15, 0.2) is 0 Å². The summed E-state index contributed by atoms with van der Waals surface area (Å²) in [5, 5.41) is 8.13. The second-order valence-corrected chi connectivity index (χ2v) is 6.52. The predicted molar refractivity (Wildman–Crippen MR) is 72.9 cm³/mol. The lowest BCUT2D eigenvalue weighted by atomic mass is 9.74. The van der Waals surface area contributed by atoms with E-state index in [1.807, 2.05) is 6.20 Å². The maximum atomic E-state index is 5.99. The van der Waals surface area contributed by atoms with Crippen molar-refractivity contribution < 1.29 is 4.74 Å². The summed E-state index contributed by atoms with van der Waals surface area (Å²) in [6.07, 6.45) is 13.1. The van der Waals surface area contributed by atoms with Crippen molar-refractivity contribution in [3.05, 3.63) is 18.0 Å². The van der Waals surface area contributed by atoms with Gasteiger partial charge < -0.3 is 10.1 Å². The van der Waals surface area contributed by atoms with E-state index in [1.165, 1.54) is 37.7 Å². The molecule has 3 aliphatic rings. The van der Waals surface area contributed by atoms with Crippen molar-refractivity contribution in [1.29, 1.82) is 0 Å². The fourth-order valence-corrected chi connectivity index (χ4v) is 3.37. The topological polar surface area (TPSA) is 39.1 Å². The minimum atomic E-state index is 0.210. The molecule has 1 unspecified atom stereocenters. The number of rotatable bonds is 4. The van der Waals surface area contributed by atoms with E-state index in [0.29, 0.717) is 6.04 Å². The molecule has 19 heavy (non-hydrogen) atoms. The van der Waals surface area contributed by atoms with E-state index < -0.39 is 0 Å². The highest BCUT2D eigenvalue weighted by atomic mass is 16.5. The van der Waals surface area contributed by atoms with Crippen LogP contribution in [-0.2, 0) is 11.3 Å². The van der Waals surface area contributed by atoms with E-state index in [0.717, 1.165) is 32.0 Å². The van der Waals surface area contributed by atoms with Crippen LogP contribution >= 0.6 is 0 Å². The average molecular weight is 261 g/mol. The Balaban J connectivity index is 1.40. The molecule has 4 heteroatoms.